The van der Waals surface area contributed by atoms with E-state index in [1.807, 2.05) is 80.6 Å². The molecule has 0 aromatic heterocycles. The van der Waals surface area contributed by atoms with Crippen LogP contribution in [0.4, 0.5) is 0 Å². The Bertz CT molecular complexity index is 965. The summed E-state index contributed by atoms with van der Waals surface area (Å²) in [4.78, 5) is 25.0. The smallest absolute Gasteiger partial charge is 0.339 e. The number of carbonyl (C=O) groups excluding carboxylic acids is 2. The first-order valence-corrected chi connectivity index (χ1v) is 9.76. The first kappa shape index (κ1) is 20.3. The molecule has 0 saturated carbocycles. The number of nitrogens with one attached hydrogen (secondary N) is 1. The maximum absolute atomic E-state index is 12.6. The topological polar surface area (TPSA) is 55.4 Å². The molecule has 3 aromatic rings. The third-order valence-corrected chi connectivity index (χ3v) is 4.79. The molecule has 0 spiro atoms. The third-order valence-electron chi connectivity index (χ3n) is 4.79. The predicted molar refractivity (Wildman–Crippen MR) is 115 cm³/mol. The molecule has 0 saturated heterocycles. The second-order valence-electron chi connectivity index (χ2n) is 6.93. The van der Waals surface area contributed by atoms with Crippen LogP contribution in [-0.4, -0.2) is 18.5 Å². The summed E-state index contributed by atoms with van der Waals surface area (Å²) >= 11 is 0. The molecule has 1 N–H and O–H groups in total. The Hall–Kier alpha value is -3.40. The lowest BCUT2D eigenvalue weighted by molar-refractivity contribution is -0.125. The lowest BCUT2D eigenvalue weighted by Gasteiger charge is -2.18. The normalized spacial score (nSPS) is 11.5. The number of aryl methyl sites for hydroxylation is 1. The van der Waals surface area contributed by atoms with Crippen LogP contribution in [0, 0.1) is 6.92 Å². The van der Waals surface area contributed by atoms with E-state index in [0.717, 1.165) is 23.1 Å². The molecule has 1 atom stereocenters. The summed E-state index contributed by atoms with van der Waals surface area (Å²) < 4.78 is 5.30. The number of hydrogen-bond donors (Lipinski definition) is 1. The number of carbonyl (C=O) groups is 2. The lowest BCUT2D eigenvalue weighted by Crippen LogP contribution is -2.32. The minimum Gasteiger partial charge on any atom is -0.452 e. The number of ether oxygens (including phenoxy) is 1. The van der Waals surface area contributed by atoms with E-state index in [1.165, 1.54) is 5.56 Å². The molecule has 0 fully saturated rings. The fourth-order valence-corrected chi connectivity index (χ4v) is 3.20. The molecule has 0 aliphatic rings. The fourth-order valence-electron chi connectivity index (χ4n) is 3.20. The molecule has 29 heavy (non-hydrogen) atoms. The van der Waals surface area contributed by atoms with Gasteiger partial charge in [0, 0.05) is 0 Å². The Morgan fingerprint density at radius 3 is 2.24 bits per heavy atom. The van der Waals surface area contributed by atoms with Crippen LogP contribution >= 0.6 is 0 Å². The summed E-state index contributed by atoms with van der Waals surface area (Å²) in [5, 5.41) is 2.94. The van der Waals surface area contributed by atoms with Crippen LogP contribution in [0.15, 0.2) is 78.9 Å². The molecule has 4 heteroatoms. The monoisotopic (exact) mass is 387 g/mol. The van der Waals surface area contributed by atoms with Crippen molar-refractivity contribution in [3.05, 3.63) is 95.6 Å². The van der Waals surface area contributed by atoms with Gasteiger partial charge in [-0.05, 0) is 36.1 Å². The van der Waals surface area contributed by atoms with Gasteiger partial charge in [-0.2, -0.15) is 0 Å². The summed E-state index contributed by atoms with van der Waals surface area (Å²) in [7, 11) is 0. The summed E-state index contributed by atoms with van der Waals surface area (Å²) in [5.74, 6) is -0.828. The van der Waals surface area contributed by atoms with E-state index in [1.54, 1.807) is 12.1 Å². The third kappa shape index (κ3) is 5.32. The van der Waals surface area contributed by atoms with Crippen molar-refractivity contribution in [1.82, 2.24) is 5.32 Å². The largest absolute Gasteiger partial charge is 0.452 e. The predicted octanol–water partition coefficient (Wildman–Crippen LogP) is 5.09. The van der Waals surface area contributed by atoms with Crippen molar-refractivity contribution < 1.29 is 14.3 Å². The van der Waals surface area contributed by atoms with Gasteiger partial charge in [-0.1, -0.05) is 85.3 Å². The Morgan fingerprint density at radius 1 is 0.897 bits per heavy atom. The van der Waals surface area contributed by atoms with E-state index in [4.69, 9.17) is 4.74 Å². The van der Waals surface area contributed by atoms with E-state index < -0.39 is 5.97 Å². The highest BCUT2D eigenvalue weighted by atomic mass is 16.5. The quantitative estimate of drug-likeness (QED) is 0.575. The summed E-state index contributed by atoms with van der Waals surface area (Å²) in [5.41, 5.74) is 4.35. The zero-order valence-corrected chi connectivity index (χ0v) is 16.7. The Kier molecular flexibility index (Phi) is 6.80. The number of amides is 1. The Labute approximate surface area is 171 Å². The standard InChI is InChI=1S/C25H25NO3/c1-3-23(20-15-13-18(2)14-16-20)26-24(27)17-29-25(28)22-12-8-7-11-21(22)19-9-5-4-6-10-19/h4-16,23H,3,17H2,1-2H3,(H,26,27)/t23-/m0/s1. The van der Waals surface area contributed by atoms with Gasteiger partial charge in [-0.3, -0.25) is 4.79 Å². The Balaban J connectivity index is 1.63. The average molecular weight is 387 g/mol. The molecule has 0 bridgehead atoms. The number of benzene rings is 3. The van der Waals surface area contributed by atoms with Gasteiger partial charge in [-0.15, -0.1) is 0 Å². The second kappa shape index (κ2) is 9.69. The zero-order valence-electron chi connectivity index (χ0n) is 16.7. The van der Waals surface area contributed by atoms with E-state index in [9.17, 15) is 9.59 Å². The van der Waals surface area contributed by atoms with Crippen LogP contribution in [0.2, 0.25) is 0 Å². The van der Waals surface area contributed by atoms with Gasteiger partial charge in [-0.25, -0.2) is 4.79 Å². The number of rotatable bonds is 7. The van der Waals surface area contributed by atoms with Gasteiger partial charge >= 0.3 is 5.97 Å². The van der Waals surface area contributed by atoms with Crippen molar-refractivity contribution in [2.75, 3.05) is 6.61 Å². The SMILES string of the molecule is CC[C@H](NC(=O)COC(=O)c1ccccc1-c1ccccc1)c1ccc(C)cc1. The molecule has 0 aliphatic carbocycles. The van der Waals surface area contributed by atoms with Crippen molar-refractivity contribution in [3.63, 3.8) is 0 Å². The minimum absolute atomic E-state index is 0.113. The summed E-state index contributed by atoms with van der Waals surface area (Å²) in [6.45, 7) is 3.72. The van der Waals surface area contributed by atoms with Gasteiger partial charge in [0.1, 0.15) is 0 Å². The van der Waals surface area contributed by atoms with Crippen molar-refractivity contribution in [1.29, 1.82) is 0 Å². The van der Waals surface area contributed by atoms with E-state index in [-0.39, 0.29) is 18.6 Å². The highest BCUT2D eigenvalue weighted by Gasteiger charge is 2.17. The highest BCUT2D eigenvalue weighted by Crippen LogP contribution is 2.24. The van der Waals surface area contributed by atoms with Crippen LogP contribution in [0.5, 0.6) is 0 Å². The lowest BCUT2D eigenvalue weighted by atomic mass is 10.00. The van der Waals surface area contributed by atoms with Crippen molar-refractivity contribution in [2.24, 2.45) is 0 Å². The molecule has 1 amide bonds. The van der Waals surface area contributed by atoms with Crippen molar-refractivity contribution in [2.45, 2.75) is 26.3 Å². The molecule has 3 aromatic carbocycles. The van der Waals surface area contributed by atoms with Gasteiger partial charge in [0.15, 0.2) is 6.61 Å². The molecule has 0 heterocycles. The zero-order chi connectivity index (χ0) is 20.6. The first-order valence-electron chi connectivity index (χ1n) is 9.76. The van der Waals surface area contributed by atoms with Gasteiger partial charge in [0.05, 0.1) is 11.6 Å². The van der Waals surface area contributed by atoms with E-state index in [0.29, 0.717) is 5.56 Å². The molecule has 3 rings (SSSR count). The van der Waals surface area contributed by atoms with E-state index >= 15 is 0 Å². The Morgan fingerprint density at radius 2 is 1.55 bits per heavy atom. The van der Waals surface area contributed by atoms with Crippen LogP contribution in [-0.2, 0) is 9.53 Å². The van der Waals surface area contributed by atoms with E-state index in [2.05, 4.69) is 5.32 Å². The molecular weight excluding hydrogens is 362 g/mol. The number of hydrogen-bond acceptors (Lipinski definition) is 3. The van der Waals surface area contributed by atoms with Crippen LogP contribution in [0.25, 0.3) is 11.1 Å². The number of esters is 1. The minimum atomic E-state index is -0.511. The molecule has 148 valence electrons. The molecular formula is C25H25NO3. The average Bonchev–Trinajstić information content (AvgIpc) is 2.77. The highest BCUT2D eigenvalue weighted by molar-refractivity contribution is 5.98. The summed E-state index contributed by atoms with van der Waals surface area (Å²) in [6, 6.07) is 24.8. The van der Waals surface area contributed by atoms with Gasteiger partial charge in [0.2, 0.25) is 0 Å². The summed E-state index contributed by atoms with van der Waals surface area (Å²) in [6.07, 6.45) is 0.750. The van der Waals surface area contributed by atoms with Crippen molar-refractivity contribution >= 4 is 11.9 Å². The maximum atomic E-state index is 12.6. The molecule has 0 aliphatic heterocycles. The van der Waals surface area contributed by atoms with Crippen molar-refractivity contribution in [3.8, 4) is 11.1 Å². The van der Waals surface area contributed by atoms with Crippen LogP contribution < -0.4 is 5.32 Å². The fraction of sp³-hybridized carbons (Fsp3) is 0.200. The first-order chi connectivity index (χ1) is 14.1. The van der Waals surface area contributed by atoms with Gasteiger partial charge < -0.3 is 10.1 Å². The molecule has 0 unspecified atom stereocenters. The molecule has 4 nitrogen and oxygen atoms in total. The second-order valence-corrected chi connectivity index (χ2v) is 6.93. The van der Waals surface area contributed by atoms with Crippen LogP contribution in [0.1, 0.15) is 40.9 Å². The van der Waals surface area contributed by atoms with Gasteiger partial charge in [0.25, 0.3) is 5.91 Å². The van der Waals surface area contributed by atoms with Crippen LogP contribution in [0.3, 0.4) is 0 Å². The maximum Gasteiger partial charge on any atom is 0.339 e. The molecule has 0 radical (unpaired) electrons.